The molecule has 0 unspecified atom stereocenters. The minimum atomic E-state index is -0.240. The maximum atomic E-state index is 12.3. The minimum Gasteiger partial charge on any atom is -0.363 e. The highest BCUT2D eigenvalue weighted by molar-refractivity contribution is 7.15. The fraction of sp³-hybridized carbons (Fsp3) is 0.222. The molecule has 2 heterocycles. The second-order valence-electron chi connectivity index (χ2n) is 5.92. The van der Waals surface area contributed by atoms with Crippen LogP contribution >= 0.6 is 11.3 Å². The van der Waals surface area contributed by atoms with Crippen LogP contribution < -0.4 is 10.2 Å². The Labute approximate surface area is 150 Å². The van der Waals surface area contributed by atoms with Gasteiger partial charge in [0.1, 0.15) is 10.8 Å². The summed E-state index contributed by atoms with van der Waals surface area (Å²) in [6.07, 6.45) is 2.26. The van der Waals surface area contributed by atoms with Gasteiger partial charge in [-0.2, -0.15) is 0 Å². The van der Waals surface area contributed by atoms with Crippen molar-refractivity contribution in [3.63, 3.8) is 0 Å². The Hall–Kier alpha value is -2.80. The van der Waals surface area contributed by atoms with Crippen LogP contribution in [0.15, 0.2) is 42.6 Å². The van der Waals surface area contributed by atoms with Gasteiger partial charge in [-0.1, -0.05) is 41.2 Å². The van der Waals surface area contributed by atoms with Crippen LogP contribution in [0.5, 0.6) is 0 Å². The van der Waals surface area contributed by atoms with Gasteiger partial charge in [0, 0.05) is 26.7 Å². The molecule has 0 aliphatic rings. The summed E-state index contributed by atoms with van der Waals surface area (Å²) in [7, 11) is 3.80. The van der Waals surface area contributed by atoms with E-state index in [4.69, 9.17) is 0 Å². The van der Waals surface area contributed by atoms with Crippen molar-refractivity contribution in [3.05, 3.63) is 64.3 Å². The van der Waals surface area contributed by atoms with E-state index in [0.717, 1.165) is 10.8 Å². The molecule has 1 amide bonds. The molecule has 0 atom stereocenters. The van der Waals surface area contributed by atoms with Crippen molar-refractivity contribution in [2.45, 2.75) is 13.3 Å². The van der Waals surface area contributed by atoms with Crippen molar-refractivity contribution >= 4 is 28.2 Å². The van der Waals surface area contributed by atoms with E-state index in [2.05, 4.69) is 45.6 Å². The zero-order valence-corrected chi connectivity index (χ0v) is 15.2. The zero-order valence-electron chi connectivity index (χ0n) is 14.4. The lowest BCUT2D eigenvalue weighted by Gasteiger charge is -2.10. The van der Waals surface area contributed by atoms with Gasteiger partial charge in [-0.3, -0.25) is 10.1 Å². The summed E-state index contributed by atoms with van der Waals surface area (Å²) in [4.78, 5) is 18.4. The van der Waals surface area contributed by atoms with Crippen LogP contribution in [-0.4, -0.2) is 35.2 Å². The molecular formula is C18H19N5OS. The Bertz CT molecular complexity index is 873. The van der Waals surface area contributed by atoms with E-state index < -0.39 is 0 Å². The normalized spacial score (nSPS) is 10.5. The summed E-state index contributed by atoms with van der Waals surface area (Å²) in [6.45, 7) is 2.06. The first-order valence-electron chi connectivity index (χ1n) is 7.84. The molecule has 0 radical (unpaired) electrons. The van der Waals surface area contributed by atoms with E-state index in [-0.39, 0.29) is 5.91 Å². The monoisotopic (exact) mass is 353 g/mol. The average Bonchev–Trinajstić information content (AvgIpc) is 3.01. The third kappa shape index (κ3) is 4.39. The standard InChI is InChI=1S/C18H19N5OS/c1-12-5-4-6-13(9-12)10-16-21-22-18(25-16)20-17(24)14-7-8-15(19-11-14)23(2)3/h4-9,11H,10H2,1-3H3,(H,20,22,24). The zero-order chi connectivity index (χ0) is 17.8. The van der Waals surface area contributed by atoms with Crippen LogP contribution in [0, 0.1) is 6.92 Å². The lowest BCUT2D eigenvalue weighted by Crippen LogP contribution is -2.14. The Morgan fingerprint density at radius 3 is 2.72 bits per heavy atom. The van der Waals surface area contributed by atoms with E-state index >= 15 is 0 Å². The fourth-order valence-electron chi connectivity index (χ4n) is 2.33. The van der Waals surface area contributed by atoms with Crippen LogP contribution in [-0.2, 0) is 6.42 Å². The molecule has 0 saturated heterocycles. The molecule has 25 heavy (non-hydrogen) atoms. The maximum Gasteiger partial charge on any atom is 0.259 e. The molecule has 3 aromatic rings. The predicted octanol–water partition coefficient (Wildman–Crippen LogP) is 3.15. The highest BCUT2D eigenvalue weighted by atomic mass is 32.1. The Morgan fingerprint density at radius 1 is 1.20 bits per heavy atom. The van der Waals surface area contributed by atoms with E-state index in [1.165, 1.54) is 22.5 Å². The van der Waals surface area contributed by atoms with E-state index in [1.807, 2.05) is 25.1 Å². The van der Waals surface area contributed by atoms with Gasteiger partial charge in [0.25, 0.3) is 5.91 Å². The number of carbonyl (C=O) groups is 1. The lowest BCUT2D eigenvalue weighted by molar-refractivity contribution is 0.102. The summed E-state index contributed by atoms with van der Waals surface area (Å²) in [5.41, 5.74) is 2.88. The molecule has 0 fully saturated rings. The summed E-state index contributed by atoms with van der Waals surface area (Å²) >= 11 is 1.38. The predicted molar refractivity (Wildman–Crippen MR) is 100 cm³/mol. The highest BCUT2D eigenvalue weighted by Gasteiger charge is 2.11. The number of hydrogen-bond acceptors (Lipinski definition) is 6. The number of nitrogens with zero attached hydrogens (tertiary/aromatic N) is 4. The summed E-state index contributed by atoms with van der Waals surface area (Å²) < 4.78 is 0. The Balaban J connectivity index is 1.65. The summed E-state index contributed by atoms with van der Waals surface area (Å²) in [5, 5.41) is 12.3. The van der Waals surface area contributed by atoms with E-state index in [0.29, 0.717) is 17.1 Å². The first-order valence-corrected chi connectivity index (χ1v) is 8.65. The number of nitrogens with one attached hydrogen (secondary N) is 1. The van der Waals surface area contributed by atoms with Crippen molar-refractivity contribution in [1.82, 2.24) is 15.2 Å². The molecule has 7 heteroatoms. The van der Waals surface area contributed by atoms with Crippen LogP contribution in [0.3, 0.4) is 0 Å². The molecule has 2 aromatic heterocycles. The van der Waals surface area contributed by atoms with Gasteiger partial charge < -0.3 is 4.90 Å². The third-order valence-corrected chi connectivity index (χ3v) is 4.43. The van der Waals surface area contributed by atoms with Gasteiger partial charge in [0.05, 0.1) is 5.56 Å². The number of benzene rings is 1. The molecule has 128 valence electrons. The Kier molecular flexibility index (Phi) is 5.04. The maximum absolute atomic E-state index is 12.3. The van der Waals surface area contributed by atoms with E-state index in [1.54, 1.807) is 18.3 Å². The molecule has 0 aliphatic carbocycles. The SMILES string of the molecule is Cc1cccc(Cc2nnc(NC(=O)c3ccc(N(C)C)nc3)s2)c1. The average molecular weight is 353 g/mol. The molecule has 0 bridgehead atoms. The van der Waals surface area contributed by atoms with Crippen molar-refractivity contribution < 1.29 is 4.79 Å². The Morgan fingerprint density at radius 2 is 2.04 bits per heavy atom. The second-order valence-corrected chi connectivity index (χ2v) is 6.98. The summed E-state index contributed by atoms with van der Waals surface area (Å²) in [5.74, 6) is 0.559. The number of hydrogen-bond donors (Lipinski definition) is 1. The van der Waals surface area contributed by atoms with Gasteiger partial charge >= 0.3 is 0 Å². The quantitative estimate of drug-likeness (QED) is 0.763. The number of carbonyl (C=O) groups excluding carboxylic acids is 1. The fourth-order valence-corrected chi connectivity index (χ4v) is 3.10. The van der Waals surface area contributed by atoms with Crippen LogP contribution in [0.2, 0.25) is 0 Å². The number of aromatic nitrogens is 3. The molecular weight excluding hydrogens is 334 g/mol. The second kappa shape index (κ2) is 7.40. The number of pyridine rings is 1. The molecule has 6 nitrogen and oxygen atoms in total. The molecule has 1 N–H and O–H groups in total. The van der Waals surface area contributed by atoms with Crippen LogP contribution in [0.4, 0.5) is 10.9 Å². The highest BCUT2D eigenvalue weighted by Crippen LogP contribution is 2.20. The van der Waals surface area contributed by atoms with Crippen LogP contribution in [0.25, 0.3) is 0 Å². The number of amides is 1. The molecule has 0 spiro atoms. The molecule has 3 rings (SSSR count). The van der Waals surface area contributed by atoms with Crippen LogP contribution in [0.1, 0.15) is 26.5 Å². The van der Waals surface area contributed by atoms with E-state index in [9.17, 15) is 4.79 Å². The van der Waals surface area contributed by atoms with Crippen molar-refractivity contribution in [1.29, 1.82) is 0 Å². The largest absolute Gasteiger partial charge is 0.363 e. The van der Waals surface area contributed by atoms with Gasteiger partial charge in [-0.25, -0.2) is 4.98 Å². The topological polar surface area (TPSA) is 71.0 Å². The first-order chi connectivity index (χ1) is 12.0. The van der Waals surface area contributed by atoms with Crippen molar-refractivity contribution in [2.24, 2.45) is 0 Å². The van der Waals surface area contributed by atoms with Gasteiger partial charge in [0.15, 0.2) is 0 Å². The van der Waals surface area contributed by atoms with Gasteiger partial charge in [-0.05, 0) is 24.6 Å². The lowest BCUT2D eigenvalue weighted by atomic mass is 10.1. The van der Waals surface area contributed by atoms with Gasteiger partial charge in [-0.15, -0.1) is 10.2 Å². The first kappa shape index (κ1) is 17.0. The molecule has 0 saturated carbocycles. The molecule has 1 aromatic carbocycles. The smallest absolute Gasteiger partial charge is 0.259 e. The van der Waals surface area contributed by atoms with Gasteiger partial charge in [0.2, 0.25) is 5.13 Å². The minimum absolute atomic E-state index is 0.240. The summed E-state index contributed by atoms with van der Waals surface area (Å²) in [6, 6.07) is 11.8. The van der Waals surface area contributed by atoms with Crippen molar-refractivity contribution in [3.8, 4) is 0 Å². The number of rotatable bonds is 5. The van der Waals surface area contributed by atoms with Crippen molar-refractivity contribution in [2.75, 3.05) is 24.3 Å². The number of aryl methyl sites for hydroxylation is 1. The third-order valence-electron chi connectivity index (χ3n) is 3.59. The molecule has 0 aliphatic heterocycles. The number of anilines is 2.